The van der Waals surface area contributed by atoms with Gasteiger partial charge in [-0.05, 0) is 12.1 Å². The Hall–Kier alpha value is -1.47. The Kier molecular flexibility index (Phi) is 3.17. The van der Waals surface area contributed by atoms with Crippen molar-refractivity contribution in [3.63, 3.8) is 0 Å². The van der Waals surface area contributed by atoms with E-state index in [1.807, 2.05) is 0 Å². The van der Waals surface area contributed by atoms with Gasteiger partial charge in [-0.15, -0.1) is 0 Å². The maximum Gasteiger partial charge on any atom is 0.351 e. The van der Waals surface area contributed by atoms with Gasteiger partial charge in [-0.25, -0.2) is 4.79 Å². The number of hydrogen-bond acceptors (Lipinski definition) is 4. The van der Waals surface area contributed by atoms with Crippen molar-refractivity contribution < 1.29 is 8.98 Å². The van der Waals surface area contributed by atoms with Gasteiger partial charge in [0.1, 0.15) is 0 Å². The Morgan fingerprint density at radius 2 is 2.08 bits per heavy atom. The Morgan fingerprint density at radius 1 is 1.42 bits per heavy atom. The summed E-state index contributed by atoms with van der Waals surface area (Å²) in [6.07, 6.45) is 0. The highest BCUT2D eigenvalue weighted by Gasteiger charge is 2.05. The van der Waals surface area contributed by atoms with E-state index in [0.29, 0.717) is 17.6 Å². The van der Waals surface area contributed by atoms with Crippen molar-refractivity contribution in [2.24, 2.45) is 0 Å². The van der Waals surface area contributed by atoms with Crippen LogP contribution in [0.5, 0.6) is 0 Å². The standard InChI is InChI=1S/C8H5NO2S/c9-6-12-11-8(10)7-4-2-1-3-5-7/h1-5H. The lowest BCUT2D eigenvalue weighted by Crippen LogP contribution is -1.97. The van der Waals surface area contributed by atoms with Gasteiger partial charge in [-0.1, -0.05) is 18.2 Å². The molecule has 0 fully saturated rings. The van der Waals surface area contributed by atoms with E-state index in [4.69, 9.17) is 5.26 Å². The molecule has 0 unspecified atom stereocenters. The van der Waals surface area contributed by atoms with Crippen molar-refractivity contribution in [1.29, 1.82) is 5.26 Å². The number of rotatable bonds is 2. The van der Waals surface area contributed by atoms with Crippen LogP contribution in [0.2, 0.25) is 0 Å². The zero-order valence-electron chi connectivity index (χ0n) is 6.06. The number of carbonyl (C=O) groups is 1. The maximum atomic E-state index is 11.0. The molecule has 3 nitrogen and oxygen atoms in total. The monoisotopic (exact) mass is 179 g/mol. The molecule has 0 heterocycles. The van der Waals surface area contributed by atoms with Crippen molar-refractivity contribution >= 4 is 18.0 Å². The SMILES string of the molecule is N#CSOC(=O)c1ccccc1. The van der Waals surface area contributed by atoms with Gasteiger partial charge in [0, 0.05) is 0 Å². The molecule has 0 saturated heterocycles. The number of carbonyl (C=O) groups excluding carboxylic acids is 1. The highest BCUT2D eigenvalue weighted by atomic mass is 32.2. The quantitative estimate of drug-likeness (QED) is 0.514. The summed E-state index contributed by atoms with van der Waals surface area (Å²) in [4.78, 5) is 11.0. The normalized spacial score (nSPS) is 8.58. The third-order valence-corrected chi connectivity index (χ3v) is 1.47. The zero-order valence-corrected chi connectivity index (χ0v) is 6.88. The fraction of sp³-hybridized carbons (Fsp3) is 0. The molecule has 0 aromatic heterocycles. The summed E-state index contributed by atoms with van der Waals surface area (Å²) in [5.74, 6) is -0.498. The smallest absolute Gasteiger partial charge is 0.351 e. The molecular weight excluding hydrogens is 174 g/mol. The van der Waals surface area contributed by atoms with Gasteiger partial charge in [0.25, 0.3) is 0 Å². The third-order valence-electron chi connectivity index (χ3n) is 1.16. The first-order chi connectivity index (χ1) is 5.84. The van der Waals surface area contributed by atoms with Gasteiger partial charge in [0.15, 0.2) is 17.4 Å². The first-order valence-corrected chi connectivity index (χ1v) is 3.90. The fourth-order valence-electron chi connectivity index (χ4n) is 0.679. The molecule has 0 aliphatic carbocycles. The predicted octanol–water partition coefficient (Wildman–Crippen LogP) is 1.97. The second-order valence-corrected chi connectivity index (χ2v) is 2.43. The van der Waals surface area contributed by atoms with E-state index in [9.17, 15) is 4.79 Å². The second-order valence-electron chi connectivity index (χ2n) is 1.91. The minimum atomic E-state index is -0.498. The summed E-state index contributed by atoms with van der Waals surface area (Å²) in [6.45, 7) is 0. The van der Waals surface area contributed by atoms with E-state index in [-0.39, 0.29) is 0 Å². The average molecular weight is 179 g/mol. The van der Waals surface area contributed by atoms with Crippen LogP contribution in [0, 0.1) is 10.7 Å². The molecule has 4 heteroatoms. The van der Waals surface area contributed by atoms with Gasteiger partial charge in [-0.2, -0.15) is 5.26 Å². The van der Waals surface area contributed by atoms with Crippen molar-refractivity contribution in [2.45, 2.75) is 0 Å². The van der Waals surface area contributed by atoms with E-state index >= 15 is 0 Å². The molecule has 0 aliphatic heterocycles. The summed E-state index contributed by atoms with van der Waals surface area (Å²) in [7, 11) is 0. The fourth-order valence-corrected chi connectivity index (χ4v) is 0.888. The maximum absolute atomic E-state index is 11.0. The predicted molar refractivity (Wildman–Crippen MR) is 45.1 cm³/mol. The number of nitriles is 1. The minimum Gasteiger partial charge on any atom is -0.372 e. The Morgan fingerprint density at radius 3 is 2.67 bits per heavy atom. The highest BCUT2D eigenvalue weighted by Crippen LogP contribution is 2.07. The molecule has 0 aliphatic rings. The summed E-state index contributed by atoms with van der Waals surface area (Å²) < 4.78 is 4.49. The molecule has 12 heavy (non-hydrogen) atoms. The lowest BCUT2D eigenvalue weighted by atomic mass is 10.2. The minimum absolute atomic E-state index is 0.445. The Balaban J connectivity index is 2.61. The molecule has 1 aromatic rings. The summed E-state index contributed by atoms with van der Waals surface area (Å²) >= 11 is 0.467. The van der Waals surface area contributed by atoms with Crippen LogP contribution >= 0.6 is 12.0 Å². The van der Waals surface area contributed by atoms with Crippen molar-refractivity contribution in [2.75, 3.05) is 0 Å². The van der Waals surface area contributed by atoms with Crippen LogP contribution in [-0.2, 0) is 4.18 Å². The molecule has 0 amide bonds. The van der Waals surface area contributed by atoms with Gasteiger partial charge < -0.3 is 4.18 Å². The van der Waals surface area contributed by atoms with Crippen molar-refractivity contribution in [3.8, 4) is 5.40 Å². The van der Waals surface area contributed by atoms with E-state index in [0.717, 1.165) is 0 Å². The van der Waals surface area contributed by atoms with Crippen molar-refractivity contribution in [1.82, 2.24) is 0 Å². The molecule has 0 spiro atoms. The topological polar surface area (TPSA) is 50.1 Å². The molecule has 0 radical (unpaired) electrons. The second kappa shape index (κ2) is 4.42. The number of thiocyanates is 1. The average Bonchev–Trinajstić information content (AvgIpc) is 2.15. The van der Waals surface area contributed by atoms with Crippen LogP contribution in [0.4, 0.5) is 0 Å². The van der Waals surface area contributed by atoms with Gasteiger partial charge in [0.05, 0.1) is 5.56 Å². The van der Waals surface area contributed by atoms with Crippen LogP contribution in [0.15, 0.2) is 30.3 Å². The molecule has 1 rings (SSSR count). The van der Waals surface area contributed by atoms with E-state index in [2.05, 4.69) is 4.18 Å². The van der Waals surface area contributed by atoms with Gasteiger partial charge >= 0.3 is 5.97 Å². The molecule has 0 atom stereocenters. The highest BCUT2D eigenvalue weighted by molar-refractivity contribution is 7.99. The van der Waals surface area contributed by atoms with Gasteiger partial charge in [0.2, 0.25) is 0 Å². The largest absolute Gasteiger partial charge is 0.372 e. The Bertz CT molecular complexity index is 305. The van der Waals surface area contributed by atoms with Crippen LogP contribution in [0.25, 0.3) is 0 Å². The molecular formula is C8H5NO2S. The Labute approximate surface area is 74.2 Å². The summed E-state index contributed by atoms with van der Waals surface area (Å²) in [6, 6.07) is 8.51. The first kappa shape index (κ1) is 8.62. The zero-order chi connectivity index (χ0) is 8.81. The van der Waals surface area contributed by atoms with Crippen LogP contribution < -0.4 is 0 Å². The lowest BCUT2D eigenvalue weighted by Gasteiger charge is -1.95. The number of hydrogen-bond donors (Lipinski definition) is 0. The van der Waals surface area contributed by atoms with Gasteiger partial charge in [-0.3, -0.25) is 0 Å². The molecule has 0 saturated carbocycles. The van der Waals surface area contributed by atoms with Crippen molar-refractivity contribution in [3.05, 3.63) is 35.9 Å². The first-order valence-electron chi connectivity index (χ1n) is 3.16. The lowest BCUT2D eigenvalue weighted by molar-refractivity contribution is 0.0770. The summed E-state index contributed by atoms with van der Waals surface area (Å²) in [5.41, 5.74) is 0.445. The molecule has 1 aromatic carbocycles. The van der Waals surface area contributed by atoms with E-state index in [1.165, 1.54) is 0 Å². The van der Waals surface area contributed by atoms with Crippen LogP contribution in [-0.4, -0.2) is 5.97 Å². The van der Waals surface area contributed by atoms with Crippen LogP contribution in [0.1, 0.15) is 10.4 Å². The third kappa shape index (κ3) is 2.29. The van der Waals surface area contributed by atoms with E-state index < -0.39 is 5.97 Å². The van der Waals surface area contributed by atoms with Crippen LogP contribution in [0.3, 0.4) is 0 Å². The molecule has 0 bridgehead atoms. The summed E-state index contributed by atoms with van der Waals surface area (Å²) in [5, 5.41) is 9.74. The number of benzene rings is 1. The molecule has 60 valence electrons. The van der Waals surface area contributed by atoms with E-state index in [1.54, 1.807) is 35.7 Å². The number of nitrogens with zero attached hydrogens (tertiary/aromatic N) is 1. The molecule has 0 N–H and O–H groups in total.